The first-order chi connectivity index (χ1) is 14.4. The molecule has 2 rings (SSSR count). The van der Waals surface area contributed by atoms with Gasteiger partial charge in [-0.05, 0) is 35.6 Å². The number of hydrogen-bond donors (Lipinski definition) is 0. The van der Waals surface area contributed by atoms with Gasteiger partial charge in [0.05, 0.1) is 0 Å². The van der Waals surface area contributed by atoms with Crippen molar-refractivity contribution in [3.05, 3.63) is 60.2 Å². The minimum Gasteiger partial charge on any atom is -0.0882 e. The van der Waals surface area contributed by atoms with Gasteiger partial charge in [0.2, 0.25) is 0 Å². The van der Waals surface area contributed by atoms with Crippen LogP contribution >= 0.6 is 0 Å². The Hall–Kier alpha value is -1.56. The maximum absolute atomic E-state index is 2.39. The summed E-state index contributed by atoms with van der Waals surface area (Å²) < 4.78 is 0. The summed E-state index contributed by atoms with van der Waals surface area (Å²) in [6.07, 6.45) is 27.1. The molecule has 29 heavy (non-hydrogen) atoms. The van der Waals surface area contributed by atoms with Crippen molar-refractivity contribution < 1.29 is 0 Å². The standard InChI is InChI=1S/C29H44/c1-2-3-4-5-6-7-8-9-10-11-12-13-14-15-16-17-18-22-27-24-21-25-28-23-19-20-26-29(27)28/h17-21,23-26H,2-16,22H2,1H3/b18-17+. The van der Waals surface area contributed by atoms with Crippen LogP contribution in [-0.4, -0.2) is 0 Å². The molecule has 0 atom stereocenters. The van der Waals surface area contributed by atoms with Crippen molar-refractivity contribution in [1.82, 2.24) is 0 Å². The Kier molecular flexibility index (Phi) is 13.3. The maximum Gasteiger partial charge on any atom is -0.00913 e. The topological polar surface area (TPSA) is 0 Å². The molecule has 0 heteroatoms. The Morgan fingerprint density at radius 1 is 0.552 bits per heavy atom. The molecule has 0 unspecified atom stereocenters. The highest BCUT2D eigenvalue weighted by molar-refractivity contribution is 5.85. The average molecular weight is 393 g/mol. The number of hydrogen-bond acceptors (Lipinski definition) is 0. The summed E-state index contributed by atoms with van der Waals surface area (Å²) in [4.78, 5) is 0. The van der Waals surface area contributed by atoms with Crippen molar-refractivity contribution >= 4 is 10.8 Å². The zero-order valence-corrected chi connectivity index (χ0v) is 19.0. The van der Waals surface area contributed by atoms with Crippen LogP contribution in [0.25, 0.3) is 10.8 Å². The van der Waals surface area contributed by atoms with Gasteiger partial charge in [0.15, 0.2) is 0 Å². The van der Waals surface area contributed by atoms with Crippen LogP contribution < -0.4 is 0 Å². The molecular weight excluding hydrogens is 348 g/mol. The van der Waals surface area contributed by atoms with E-state index < -0.39 is 0 Å². The van der Waals surface area contributed by atoms with E-state index in [-0.39, 0.29) is 0 Å². The van der Waals surface area contributed by atoms with E-state index in [1.165, 1.54) is 113 Å². The predicted octanol–water partition coefficient (Wildman–Crippen LogP) is 9.81. The van der Waals surface area contributed by atoms with Gasteiger partial charge in [-0.1, -0.05) is 145 Å². The van der Waals surface area contributed by atoms with Crippen LogP contribution in [0.15, 0.2) is 54.6 Å². The number of allylic oxidation sites excluding steroid dienone is 2. The maximum atomic E-state index is 2.39. The lowest BCUT2D eigenvalue weighted by Crippen LogP contribution is -1.84. The van der Waals surface area contributed by atoms with Gasteiger partial charge in [-0.2, -0.15) is 0 Å². The first-order valence-electron chi connectivity index (χ1n) is 12.5. The normalized spacial score (nSPS) is 11.6. The van der Waals surface area contributed by atoms with Crippen molar-refractivity contribution in [2.75, 3.05) is 0 Å². The summed E-state index contributed by atoms with van der Waals surface area (Å²) >= 11 is 0. The molecule has 2 aromatic carbocycles. The van der Waals surface area contributed by atoms with Crippen LogP contribution in [0.1, 0.15) is 109 Å². The zero-order chi connectivity index (χ0) is 20.4. The molecule has 0 aliphatic heterocycles. The number of fused-ring (bicyclic) bond motifs is 1. The Labute approximate surface area is 180 Å². The monoisotopic (exact) mass is 392 g/mol. The molecule has 0 N–H and O–H groups in total. The third kappa shape index (κ3) is 10.7. The Morgan fingerprint density at radius 3 is 1.76 bits per heavy atom. The summed E-state index contributed by atoms with van der Waals surface area (Å²) in [6.45, 7) is 2.30. The molecule has 0 radical (unpaired) electrons. The van der Waals surface area contributed by atoms with Crippen LogP contribution in [0.3, 0.4) is 0 Å². The van der Waals surface area contributed by atoms with E-state index in [0.29, 0.717) is 0 Å². The van der Waals surface area contributed by atoms with Gasteiger partial charge in [-0.3, -0.25) is 0 Å². The molecule has 160 valence electrons. The van der Waals surface area contributed by atoms with Gasteiger partial charge in [-0.25, -0.2) is 0 Å². The average Bonchev–Trinajstić information content (AvgIpc) is 2.76. The number of benzene rings is 2. The smallest absolute Gasteiger partial charge is 0.00913 e. The molecule has 0 aliphatic rings. The summed E-state index contributed by atoms with van der Waals surface area (Å²) in [6, 6.07) is 15.4. The molecule has 0 aromatic heterocycles. The van der Waals surface area contributed by atoms with E-state index in [4.69, 9.17) is 0 Å². The van der Waals surface area contributed by atoms with Crippen molar-refractivity contribution in [2.45, 2.75) is 110 Å². The molecular formula is C29H44. The molecule has 0 fully saturated rings. The second-order valence-corrected chi connectivity index (χ2v) is 8.70. The molecule has 0 saturated carbocycles. The Morgan fingerprint density at radius 2 is 1.10 bits per heavy atom. The highest BCUT2D eigenvalue weighted by atomic mass is 14.0. The fraction of sp³-hybridized carbons (Fsp3) is 0.586. The molecule has 2 aromatic rings. The van der Waals surface area contributed by atoms with E-state index in [9.17, 15) is 0 Å². The number of unbranched alkanes of at least 4 members (excludes halogenated alkanes) is 14. The molecule has 0 bridgehead atoms. The lowest BCUT2D eigenvalue weighted by molar-refractivity contribution is 0.536. The lowest BCUT2D eigenvalue weighted by Gasteiger charge is -2.04. The van der Waals surface area contributed by atoms with E-state index in [0.717, 1.165) is 6.42 Å². The van der Waals surface area contributed by atoms with Crippen molar-refractivity contribution in [3.63, 3.8) is 0 Å². The molecule has 0 amide bonds. The van der Waals surface area contributed by atoms with Crippen LogP contribution in [-0.2, 0) is 6.42 Å². The summed E-state index contributed by atoms with van der Waals surface area (Å²) in [5, 5.41) is 2.75. The van der Waals surface area contributed by atoms with Crippen LogP contribution in [0.5, 0.6) is 0 Å². The van der Waals surface area contributed by atoms with Gasteiger partial charge < -0.3 is 0 Å². The quantitative estimate of drug-likeness (QED) is 0.185. The Bertz CT molecular complexity index is 661. The third-order valence-electron chi connectivity index (χ3n) is 6.11. The van der Waals surface area contributed by atoms with Crippen molar-refractivity contribution in [2.24, 2.45) is 0 Å². The van der Waals surface area contributed by atoms with E-state index >= 15 is 0 Å². The summed E-state index contributed by atoms with van der Waals surface area (Å²) in [5.41, 5.74) is 1.44. The van der Waals surface area contributed by atoms with E-state index in [2.05, 4.69) is 61.5 Å². The minimum absolute atomic E-state index is 1.06. The van der Waals surface area contributed by atoms with Gasteiger partial charge in [0.25, 0.3) is 0 Å². The zero-order valence-electron chi connectivity index (χ0n) is 19.0. The molecule has 0 nitrogen and oxygen atoms in total. The lowest BCUT2D eigenvalue weighted by atomic mass is 10.0. The molecule has 0 heterocycles. The van der Waals surface area contributed by atoms with E-state index in [1.54, 1.807) is 0 Å². The Balaban J connectivity index is 1.40. The third-order valence-corrected chi connectivity index (χ3v) is 6.11. The van der Waals surface area contributed by atoms with Crippen LogP contribution in [0.4, 0.5) is 0 Å². The second kappa shape index (κ2) is 16.3. The van der Waals surface area contributed by atoms with Gasteiger partial charge >= 0.3 is 0 Å². The summed E-state index contributed by atoms with van der Waals surface area (Å²) in [5.74, 6) is 0. The fourth-order valence-corrected chi connectivity index (χ4v) is 4.26. The predicted molar refractivity (Wildman–Crippen MR) is 132 cm³/mol. The second-order valence-electron chi connectivity index (χ2n) is 8.70. The molecule has 0 saturated heterocycles. The minimum atomic E-state index is 1.06. The first kappa shape index (κ1) is 23.7. The van der Waals surface area contributed by atoms with Gasteiger partial charge in [-0.15, -0.1) is 0 Å². The van der Waals surface area contributed by atoms with Crippen molar-refractivity contribution in [3.8, 4) is 0 Å². The van der Waals surface area contributed by atoms with E-state index in [1.807, 2.05) is 0 Å². The van der Waals surface area contributed by atoms with Gasteiger partial charge in [0, 0.05) is 0 Å². The molecule has 0 spiro atoms. The highest BCUT2D eigenvalue weighted by Gasteiger charge is 1.98. The largest absolute Gasteiger partial charge is 0.0882 e. The van der Waals surface area contributed by atoms with Gasteiger partial charge in [0.1, 0.15) is 0 Å². The SMILES string of the molecule is CCCCCCCCCCCCCCCC/C=C/Cc1cccc2ccccc12. The fourth-order valence-electron chi connectivity index (χ4n) is 4.26. The summed E-state index contributed by atoms with van der Waals surface area (Å²) in [7, 11) is 0. The molecule has 0 aliphatic carbocycles. The van der Waals surface area contributed by atoms with Crippen LogP contribution in [0.2, 0.25) is 0 Å². The highest BCUT2D eigenvalue weighted by Crippen LogP contribution is 2.19. The first-order valence-corrected chi connectivity index (χ1v) is 12.5. The van der Waals surface area contributed by atoms with Crippen LogP contribution in [0, 0.1) is 0 Å². The van der Waals surface area contributed by atoms with Crippen molar-refractivity contribution in [1.29, 1.82) is 0 Å². The number of rotatable bonds is 17.